The molecule has 1 amide bonds. The Morgan fingerprint density at radius 1 is 1.50 bits per heavy atom. The van der Waals surface area contributed by atoms with Gasteiger partial charge in [-0.05, 0) is 0 Å². The topological polar surface area (TPSA) is 84.7 Å². The average Bonchev–Trinajstić information content (AvgIpc) is 2.98. The van der Waals surface area contributed by atoms with Gasteiger partial charge in [-0.25, -0.2) is 4.98 Å². The predicted octanol–water partition coefficient (Wildman–Crippen LogP) is 0.286. The van der Waals surface area contributed by atoms with Crippen LogP contribution in [0.4, 0.5) is 5.13 Å². The summed E-state index contributed by atoms with van der Waals surface area (Å²) >= 11 is 1.23. The Labute approximate surface area is 108 Å². The lowest BCUT2D eigenvalue weighted by molar-refractivity contribution is 0.0953. The molecule has 0 aliphatic carbocycles. The van der Waals surface area contributed by atoms with Gasteiger partial charge in [-0.1, -0.05) is 11.3 Å². The second-order valence-electron chi connectivity index (χ2n) is 3.62. The molecule has 0 saturated carbocycles. The summed E-state index contributed by atoms with van der Waals surface area (Å²) in [6.45, 7) is 0.526. The number of hydrogen-bond donors (Lipinski definition) is 2. The summed E-state index contributed by atoms with van der Waals surface area (Å²) in [6.07, 6.45) is 4.30. The molecule has 2 aromatic rings. The molecule has 0 radical (unpaired) electrons. The minimum absolute atomic E-state index is 0.205. The van der Waals surface area contributed by atoms with Crippen LogP contribution in [0.3, 0.4) is 0 Å². The molecule has 0 saturated heterocycles. The van der Waals surface area contributed by atoms with E-state index in [2.05, 4.69) is 25.8 Å². The van der Waals surface area contributed by atoms with E-state index in [-0.39, 0.29) is 5.91 Å². The van der Waals surface area contributed by atoms with Crippen LogP contribution in [-0.2, 0) is 13.5 Å². The summed E-state index contributed by atoms with van der Waals surface area (Å²) in [5.74, 6) is 0.728. The molecule has 2 rings (SSSR count). The van der Waals surface area contributed by atoms with Crippen molar-refractivity contribution < 1.29 is 4.79 Å². The number of nitrogens with one attached hydrogen (secondary N) is 2. The lowest BCUT2D eigenvalue weighted by Crippen LogP contribution is -2.26. The number of imidazole rings is 1. The van der Waals surface area contributed by atoms with E-state index in [0.29, 0.717) is 23.1 Å². The van der Waals surface area contributed by atoms with Gasteiger partial charge in [0.25, 0.3) is 5.91 Å². The van der Waals surface area contributed by atoms with Gasteiger partial charge in [0.15, 0.2) is 0 Å². The van der Waals surface area contributed by atoms with Crippen LogP contribution in [0, 0.1) is 0 Å². The SMILES string of the molecule is CNc1nnc(C(=O)NCCc2nccn2C)s1. The van der Waals surface area contributed by atoms with E-state index < -0.39 is 0 Å². The molecule has 0 aromatic carbocycles. The van der Waals surface area contributed by atoms with Crippen LogP contribution < -0.4 is 10.6 Å². The second kappa shape index (κ2) is 5.58. The molecule has 96 valence electrons. The van der Waals surface area contributed by atoms with Crippen LogP contribution in [0.5, 0.6) is 0 Å². The van der Waals surface area contributed by atoms with Crippen molar-refractivity contribution in [1.29, 1.82) is 0 Å². The number of aryl methyl sites for hydroxylation is 1. The normalized spacial score (nSPS) is 10.3. The quantitative estimate of drug-likeness (QED) is 0.812. The van der Waals surface area contributed by atoms with E-state index in [1.165, 1.54) is 11.3 Å². The van der Waals surface area contributed by atoms with Gasteiger partial charge in [-0.15, -0.1) is 10.2 Å². The molecule has 0 bridgehead atoms. The predicted molar refractivity (Wildman–Crippen MR) is 68.7 cm³/mol. The van der Waals surface area contributed by atoms with Crippen molar-refractivity contribution in [2.75, 3.05) is 18.9 Å². The average molecular weight is 266 g/mol. The van der Waals surface area contributed by atoms with Crippen LogP contribution in [0.15, 0.2) is 12.4 Å². The number of hydrogen-bond acceptors (Lipinski definition) is 6. The molecule has 2 heterocycles. The van der Waals surface area contributed by atoms with Crippen molar-refractivity contribution in [3.63, 3.8) is 0 Å². The molecule has 0 spiro atoms. The molecule has 0 aliphatic heterocycles. The van der Waals surface area contributed by atoms with Gasteiger partial charge < -0.3 is 15.2 Å². The third kappa shape index (κ3) is 2.83. The molecule has 2 N–H and O–H groups in total. The van der Waals surface area contributed by atoms with Crippen molar-refractivity contribution >= 4 is 22.4 Å². The molecule has 0 unspecified atom stereocenters. The van der Waals surface area contributed by atoms with E-state index >= 15 is 0 Å². The lowest BCUT2D eigenvalue weighted by atomic mass is 10.4. The highest BCUT2D eigenvalue weighted by atomic mass is 32.1. The van der Waals surface area contributed by atoms with Crippen LogP contribution in [0.25, 0.3) is 0 Å². The molecule has 2 aromatic heterocycles. The Kier molecular flexibility index (Phi) is 3.88. The largest absolute Gasteiger partial charge is 0.363 e. The number of aromatic nitrogens is 4. The zero-order valence-corrected chi connectivity index (χ0v) is 11.0. The summed E-state index contributed by atoms with van der Waals surface area (Å²) in [5.41, 5.74) is 0. The first-order valence-electron chi connectivity index (χ1n) is 5.46. The number of carbonyl (C=O) groups is 1. The number of anilines is 1. The zero-order valence-electron chi connectivity index (χ0n) is 10.2. The van der Waals surface area contributed by atoms with Gasteiger partial charge in [0.05, 0.1) is 0 Å². The Morgan fingerprint density at radius 2 is 2.33 bits per heavy atom. The van der Waals surface area contributed by atoms with Crippen molar-refractivity contribution in [2.45, 2.75) is 6.42 Å². The third-order valence-electron chi connectivity index (χ3n) is 2.39. The molecular weight excluding hydrogens is 252 g/mol. The first-order chi connectivity index (χ1) is 8.70. The van der Waals surface area contributed by atoms with Crippen molar-refractivity contribution in [3.05, 3.63) is 23.2 Å². The standard InChI is InChI=1S/C10H14N6OS/c1-11-10-15-14-9(18-10)8(17)13-4-3-7-12-5-6-16(7)2/h5-6H,3-4H2,1-2H3,(H,11,15)(H,13,17). The zero-order chi connectivity index (χ0) is 13.0. The van der Waals surface area contributed by atoms with E-state index in [1.54, 1.807) is 13.2 Å². The van der Waals surface area contributed by atoms with Gasteiger partial charge in [-0.2, -0.15) is 0 Å². The number of rotatable bonds is 5. The maximum absolute atomic E-state index is 11.7. The fourth-order valence-electron chi connectivity index (χ4n) is 1.42. The van der Waals surface area contributed by atoms with E-state index in [0.717, 1.165) is 5.82 Å². The van der Waals surface area contributed by atoms with E-state index in [1.807, 2.05) is 17.8 Å². The van der Waals surface area contributed by atoms with Gasteiger partial charge >= 0.3 is 0 Å². The monoisotopic (exact) mass is 266 g/mol. The van der Waals surface area contributed by atoms with Crippen LogP contribution in [0.1, 0.15) is 15.6 Å². The highest BCUT2D eigenvalue weighted by Gasteiger charge is 2.11. The molecule has 0 fully saturated rings. The fourth-order valence-corrected chi connectivity index (χ4v) is 2.03. The summed E-state index contributed by atoms with van der Waals surface area (Å²) < 4.78 is 1.93. The highest BCUT2D eigenvalue weighted by molar-refractivity contribution is 7.17. The Hall–Kier alpha value is -1.96. The Morgan fingerprint density at radius 3 is 2.94 bits per heavy atom. The van der Waals surface area contributed by atoms with Crippen molar-refractivity contribution in [3.8, 4) is 0 Å². The minimum Gasteiger partial charge on any atom is -0.363 e. The third-order valence-corrected chi connectivity index (χ3v) is 3.33. The number of amides is 1. The van der Waals surface area contributed by atoms with Gasteiger partial charge in [0.1, 0.15) is 5.82 Å². The second-order valence-corrected chi connectivity index (χ2v) is 4.60. The molecule has 8 heteroatoms. The molecule has 7 nitrogen and oxygen atoms in total. The van der Waals surface area contributed by atoms with Gasteiger partial charge in [0.2, 0.25) is 10.1 Å². The Balaban J connectivity index is 1.83. The van der Waals surface area contributed by atoms with Gasteiger partial charge in [0, 0.05) is 39.5 Å². The summed E-state index contributed by atoms with van der Waals surface area (Å²) in [7, 11) is 3.66. The number of carbonyl (C=O) groups excluding carboxylic acids is 1. The maximum atomic E-state index is 11.7. The molecule has 0 aliphatic rings. The van der Waals surface area contributed by atoms with Crippen molar-refractivity contribution in [2.24, 2.45) is 7.05 Å². The summed E-state index contributed by atoms with van der Waals surface area (Å²) in [6, 6.07) is 0. The smallest absolute Gasteiger partial charge is 0.282 e. The summed E-state index contributed by atoms with van der Waals surface area (Å²) in [5, 5.41) is 14.2. The number of nitrogens with zero attached hydrogens (tertiary/aromatic N) is 4. The Bertz CT molecular complexity index is 534. The van der Waals surface area contributed by atoms with E-state index in [4.69, 9.17) is 0 Å². The highest BCUT2D eigenvalue weighted by Crippen LogP contribution is 2.13. The lowest BCUT2D eigenvalue weighted by Gasteiger charge is -2.02. The fraction of sp³-hybridized carbons (Fsp3) is 0.400. The van der Waals surface area contributed by atoms with Gasteiger partial charge in [-0.3, -0.25) is 4.79 Å². The van der Waals surface area contributed by atoms with E-state index in [9.17, 15) is 4.79 Å². The summed E-state index contributed by atoms with van der Waals surface area (Å²) in [4.78, 5) is 15.9. The minimum atomic E-state index is -0.205. The van der Waals surface area contributed by atoms with Crippen LogP contribution >= 0.6 is 11.3 Å². The molecule has 18 heavy (non-hydrogen) atoms. The molecular formula is C10H14N6OS. The van der Waals surface area contributed by atoms with Crippen LogP contribution in [0.2, 0.25) is 0 Å². The van der Waals surface area contributed by atoms with Crippen LogP contribution in [-0.4, -0.2) is 39.2 Å². The first kappa shape index (κ1) is 12.5. The maximum Gasteiger partial charge on any atom is 0.282 e. The van der Waals surface area contributed by atoms with Crippen molar-refractivity contribution in [1.82, 2.24) is 25.1 Å². The first-order valence-corrected chi connectivity index (χ1v) is 6.28. The molecule has 0 atom stereocenters.